The zero-order valence-electron chi connectivity index (χ0n) is 15.6. The number of carbonyl (C=O) groups is 2. The molecule has 4 rings (SSSR count). The summed E-state index contributed by atoms with van der Waals surface area (Å²) in [4.78, 5) is 51.6. The molecule has 2 aliphatic heterocycles. The number of nitrogens with zero attached hydrogens (tertiary/aromatic N) is 4. The van der Waals surface area contributed by atoms with Crippen LogP contribution in [0.5, 0.6) is 0 Å². The lowest BCUT2D eigenvalue weighted by atomic mass is 9.73. The Labute approximate surface area is 162 Å². The zero-order chi connectivity index (χ0) is 19.6. The van der Waals surface area contributed by atoms with E-state index in [9.17, 15) is 14.4 Å². The number of aromatic nitrogens is 3. The van der Waals surface area contributed by atoms with Crippen molar-refractivity contribution in [2.45, 2.75) is 32.2 Å². The molecule has 1 N–H and O–H groups in total. The van der Waals surface area contributed by atoms with Crippen molar-refractivity contribution in [2.24, 2.45) is 5.41 Å². The van der Waals surface area contributed by atoms with E-state index in [0.717, 1.165) is 25.0 Å². The number of hydrogen-bond donors (Lipinski definition) is 1. The number of nitrogens with one attached hydrogen (secondary N) is 1. The summed E-state index contributed by atoms with van der Waals surface area (Å²) in [6.07, 6.45) is 7.38. The van der Waals surface area contributed by atoms with Crippen LogP contribution >= 0.6 is 0 Å². The quantitative estimate of drug-likeness (QED) is 0.862. The van der Waals surface area contributed by atoms with Crippen molar-refractivity contribution in [3.8, 4) is 0 Å². The van der Waals surface area contributed by atoms with Crippen LogP contribution in [0.3, 0.4) is 0 Å². The van der Waals surface area contributed by atoms with Crippen LogP contribution in [0.25, 0.3) is 0 Å². The first kappa shape index (κ1) is 18.3. The van der Waals surface area contributed by atoms with E-state index in [1.54, 1.807) is 11.1 Å². The molecule has 4 heterocycles. The molecule has 0 aliphatic carbocycles. The molecule has 0 unspecified atom stereocenters. The number of H-pyrrole nitrogens is 1. The largest absolute Gasteiger partial charge is 0.338 e. The average molecular weight is 381 g/mol. The predicted octanol–water partition coefficient (Wildman–Crippen LogP) is 1.21. The Bertz CT molecular complexity index is 929. The Morgan fingerprint density at radius 3 is 2.89 bits per heavy atom. The van der Waals surface area contributed by atoms with Crippen molar-refractivity contribution in [1.29, 1.82) is 0 Å². The third kappa shape index (κ3) is 3.67. The fourth-order valence-electron chi connectivity index (χ4n) is 4.31. The van der Waals surface area contributed by atoms with Gasteiger partial charge in [0.05, 0.1) is 18.6 Å². The highest BCUT2D eigenvalue weighted by atomic mass is 16.2. The molecule has 1 spiro atoms. The van der Waals surface area contributed by atoms with Gasteiger partial charge in [-0.3, -0.25) is 19.4 Å². The smallest absolute Gasteiger partial charge is 0.263 e. The predicted molar refractivity (Wildman–Crippen MR) is 101 cm³/mol. The minimum Gasteiger partial charge on any atom is -0.338 e. The third-order valence-electron chi connectivity index (χ3n) is 5.72. The van der Waals surface area contributed by atoms with Gasteiger partial charge >= 0.3 is 0 Å². The van der Waals surface area contributed by atoms with Crippen LogP contribution in [0.2, 0.25) is 0 Å². The van der Waals surface area contributed by atoms with Gasteiger partial charge in [-0.15, -0.1) is 0 Å². The van der Waals surface area contributed by atoms with Crippen LogP contribution in [0.15, 0.2) is 41.7 Å². The van der Waals surface area contributed by atoms with Crippen molar-refractivity contribution in [3.05, 3.63) is 58.5 Å². The van der Waals surface area contributed by atoms with E-state index >= 15 is 0 Å². The molecule has 146 valence electrons. The lowest BCUT2D eigenvalue weighted by molar-refractivity contribution is -0.139. The molecule has 0 radical (unpaired) electrons. The lowest BCUT2D eigenvalue weighted by Gasteiger charge is -2.48. The number of carbonyl (C=O) groups excluding carboxylic acids is 2. The molecule has 2 saturated heterocycles. The van der Waals surface area contributed by atoms with Gasteiger partial charge in [0.2, 0.25) is 5.91 Å². The maximum Gasteiger partial charge on any atom is 0.263 e. The minimum absolute atomic E-state index is 0.0665. The summed E-state index contributed by atoms with van der Waals surface area (Å²) in [5.41, 5.74) is 0.372. The van der Waals surface area contributed by atoms with Gasteiger partial charge in [-0.25, -0.2) is 4.98 Å². The van der Waals surface area contributed by atoms with E-state index in [4.69, 9.17) is 0 Å². The molecule has 8 heteroatoms. The second kappa shape index (κ2) is 7.53. The summed E-state index contributed by atoms with van der Waals surface area (Å²) in [6, 6.07) is 5.69. The van der Waals surface area contributed by atoms with E-state index in [-0.39, 0.29) is 22.8 Å². The van der Waals surface area contributed by atoms with Gasteiger partial charge in [0, 0.05) is 43.9 Å². The topological polar surface area (TPSA) is 99.3 Å². The molecule has 2 aliphatic rings. The van der Waals surface area contributed by atoms with Gasteiger partial charge in [0.25, 0.3) is 11.5 Å². The van der Waals surface area contributed by atoms with E-state index in [1.165, 1.54) is 12.5 Å². The van der Waals surface area contributed by atoms with Crippen molar-refractivity contribution in [1.82, 2.24) is 24.8 Å². The molecule has 0 aromatic carbocycles. The summed E-state index contributed by atoms with van der Waals surface area (Å²) in [6.45, 7) is 2.25. The first-order chi connectivity index (χ1) is 13.6. The summed E-state index contributed by atoms with van der Waals surface area (Å²) in [5, 5.41) is 0. The first-order valence-corrected chi connectivity index (χ1v) is 9.56. The third-order valence-corrected chi connectivity index (χ3v) is 5.72. The molecular weight excluding hydrogens is 358 g/mol. The molecule has 8 nitrogen and oxygen atoms in total. The fourth-order valence-corrected chi connectivity index (χ4v) is 4.31. The second-order valence-electron chi connectivity index (χ2n) is 7.70. The van der Waals surface area contributed by atoms with Crippen LogP contribution in [-0.2, 0) is 11.3 Å². The Morgan fingerprint density at radius 1 is 1.21 bits per heavy atom. The van der Waals surface area contributed by atoms with Gasteiger partial charge in [0.1, 0.15) is 5.56 Å². The number of amides is 2. The Hall–Kier alpha value is -3.03. The highest BCUT2D eigenvalue weighted by Gasteiger charge is 2.43. The van der Waals surface area contributed by atoms with Gasteiger partial charge in [-0.2, -0.15) is 0 Å². The van der Waals surface area contributed by atoms with E-state index < -0.39 is 5.56 Å². The van der Waals surface area contributed by atoms with Crippen molar-refractivity contribution >= 4 is 11.8 Å². The molecular formula is C20H23N5O3. The number of hydrogen-bond acceptors (Lipinski definition) is 5. The van der Waals surface area contributed by atoms with E-state index in [2.05, 4.69) is 15.0 Å². The van der Waals surface area contributed by atoms with Gasteiger partial charge in [-0.1, -0.05) is 6.07 Å². The first-order valence-electron chi connectivity index (χ1n) is 9.56. The second-order valence-corrected chi connectivity index (χ2v) is 7.70. The molecule has 2 aromatic rings. The SMILES string of the molecule is O=C1CC[C@]2(CCCN(C(=O)c3cnc[nH]c3=O)C2)CN1Cc1ccccn1. The van der Waals surface area contributed by atoms with Crippen molar-refractivity contribution in [3.63, 3.8) is 0 Å². The minimum atomic E-state index is -0.421. The normalized spacial score (nSPS) is 22.5. The molecule has 2 aromatic heterocycles. The van der Waals surface area contributed by atoms with E-state index in [0.29, 0.717) is 32.6 Å². The summed E-state index contributed by atoms with van der Waals surface area (Å²) < 4.78 is 0. The fraction of sp³-hybridized carbons (Fsp3) is 0.450. The number of aromatic amines is 1. The molecule has 28 heavy (non-hydrogen) atoms. The van der Waals surface area contributed by atoms with Crippen LogP contribution in [-0.4, -0.2) is 56.2 Å². The Kier molecular flexibility index (Phi) is 4.93. The van der Waals surface area contributed by atoms with Crippen molar-refractivity contribution < 1.29 is 9.59 Å². The number of rotatable bonds is 3. The molecule has 0 bridgehead atoms. The Balaban J connectivity index is 1.51. The maximum absolute atomic E-state index is 12.9. The summed E-state index contributed by atoms with van der Waals surface area (Å²) >= 11 is 0. The number of likely N-dealkylation sites (tertiary alicyclic amines) is 2. The number of piperidine rings is 2. The van der Waals surface area contributed by atoms with Crippen LogP contribution in [0, 0.1) is 5.41 Å². The monoisotopic (exact) mass is 381 g/mol. The summed E-state index contributed by atoms with van der Waals surface area (Å²) in [5.74, 6) is -0.162. The van der Waals surface area contributed by atoms with Crippen LogP contribution < -0.4 is 5.56 Å². The van der Waals surface area contributed by atoms with Crippen LogP contribution in [0.4, 0.5) is 0 Å². The molecule has 0 saturated carbocycles. The highest BCUT2D eigenvalue weighted by Crippen LogP contribution is 2.39. The van der Waals surface area contributed by atoms with Gasteiger partial charge in [0.15, 0.2) is 0 Å². The molecule has 2 fully saturated rings. The maximum atomic E-state index is 12.9. The van der Waals surface area contributed by atoms with Gasteiger partial charge < -0.3 is 14.8 Å². The average Bonchev–Trinajstić information content (AvgIpc) is 2.72. The Morgan fingerprint density at radius 2 is 2.11 bits per heavy atom. The van der Waals surface area contributed by atoms with E-state index in [1.807, 2.05) is 23.1 Å². The standard InChI is InChI=1S/C20H23N5O3/c26-17-5-7-20(13-25(17)11-15-4-1-2-8-22-15)6-3-9-24(12-20)19(28)16-10-21-14-23-18(16)27/h1-2,4,8,10,14H,3,5-7,9,11-13H2,(H,21,23,27)/t20-/m0/s1. The molecule has 2 amide bonds. The van der Waals surface area contributed by atoms with Crippen molar-refractivity contribution in [2.75, 3.05) is 19.6 Å². The molecule has 1 atom stereocenters. The lowest BCUT2D eigenvalue weighted by Crippen LogP contribution is -2.55. The zero-order valence-corrected chi connectivity index (χ0v) is 15.6. The van der Waals surface area contributed by atoms with Crippen LogP contribution in [0.1, 0.15) is 41.7 Å². The summed E-state index contributed by atoms with van der Waals surface area (Å²) in [7, 11) is 0. The number of pyridine rings is 1. The van der Waals surface area contributed by atoms with Gasteiger partial charge in [-0.05, 0) is 31.4 Å². The highest BCUT2D eigenvalue weighted by molar-refractivity contribution is 5.93.